The molecule has 0 aromatic carbocycles. The summed E-state index contributed by atoms with van der Waals surface area (Å²) in [6, 6.07) is 1.97. The number of alkyl halides is 2. The molecule has 122 valence electrons. The first kappa shape index (κ1) is 14.5. The van der Waals surface area contributed by atoms with E-state index in [-0.39, 0.29) is 11.4 Å². The van der Waals surface area contributed by atoms with Crippen LogP contribution in [0.1, 0.15) is 36.3 Å². The van der Waals surface area contributed by atoms with Crippen LogP contribution in [0.2, 0.25) is 0 Å². The predicted octanol–water partition coefficient (Wildman–Crippen LogP) is 2.20. The molecule has 0 saturated carbocycles. The minimum absolute atomic E-state index is 0.0986. The predicted molar refractivity (Wildman–Crippen MR) is 81.5 cm³/mol. The van der Waals surface area contributed by atoms with Crippen LogP contribution >= 0.6 is 0 Å². The fourth-order valence-corrected chi connectivity index (χ4v) is 3.42. The number of aromatic nitrogens is 4. The Morgan fingerprint density at radius 3 is 2.83 bits per heavy atom. The number of nitrogens with one attached hydrogen (secondary N) is 3. The standard InChI is InChI=1S/C15H18F2N6/c1-8-10(13-20-14(11(16)17)23-22-13)6-9-2-3-15(4-5-18-7-15)21-12(9)19-8/h6,11,18H,2-5,7H2,1H3,(H,19,21)(H,20,22,23). The molecular weight excluding hydrogens is 302 g/mol. The summed E-state index contributed by atoms with van der Waals surface area (Å²) in [5.41, 5.74) is 2.63. The van der Waals surface area contributed by atoms with Gasteiger partial charge >= 0.3 is 0 Å². The monoisotopic (exact) mass is 320 g/mol. The summed E-state index contributed by atoms with van der Waals surface area (Å²) in [7, 11) is 0. The summed E-state index contributed by atoms with van der Waals surface area (Å²) in [4.78, 5) is 8.52. The Balaban J connectivity index is 1.68. The van der Waals surface area contributed by atoms with Crippen LogP contribution in [0.25, 0.3) is 11.4 Å². The number of H-pyrrole nitrogens is 1. The SMILES string of the molecule is Cc1nc2c(cc1-c1n[nH]c(C(F)F)n1)CCC1(CCNC1)N2. The van der Waals surface area contributed by atoms with Gasteiger partial charge in [-0.15, -0.1) is 0 Å². The molecule has 8 heteroatoms. The highest BCUT2D eigenvalue weighted by atomic mass is 19.3. The zero-order valence-corrected chi connectivity index (χ0v) is 12.8. The van der Waals surface area contributed by atoms with Gasteiger partial charge in [0.25, 0.3) is 6.43 Å². The maximum Gasteiger partial charge on any atom is 0.296 e. The van der Waals surface area contributed by atoms with Crippen molar-refractivity contribution in [1.82, 2.24) is 25.5 Å². The third-order valence-corrected chi connectivity index (χ3v) is 4.74. The van der Waals surface area contributed by atoms with Crippen molar-refractivity contribution in [2.24, 2.45) is 0 Å². The lowest BCUT2D eigenvalue weighted by Crippen LogP contribution is -2.44. The smallest absolute Gasteiger partial charge is 0.296 e. The molecule has 1 fully saturated rings. The van der Waals surface area contributed by atoms with Crippen molar-refractivity contribution in [3.05, 3.63) is 23.1 Å². The van der Waals surface area contributed by atoms with Gasteiger partial charge in [0.15, 0.2) is 11.6 Å². The first-order chi connectivity index (χ1) is 11.1. The van der Waals surface area contributed by atoms with Crippen LogP contribution in [-0.2, 0) is 6.42 Å². The van der Waals surface area contributed by atoms with Gasteiger partial charge in [0.1, 0.15) is 5.82 Å². The lowest BCUT2D eigenvalue weighted by molar-refractivity contribution is 0.141. The van der Waals surface area contributed by atoms with E-state index in [4.69, 9.17) is 0 Å². The Hall–Kier alpha value is -2.09. The highest BCUT2D eigenvalue weighted by Gasteiger charge is 2.37. The van der Waals surface area contributed by atoms with E-state index in [9.17, 15) is 8.78 Å². The number of pyridine rings is 1. The molecule has 4 rings (SSSR count). The van der Waals surface area contributed by atoms with Crippen LogP contribution < -0.4 is 10.6 Å². The Labute approximate surface area is 132 Å². The number of fused-ring (bicyclic) bond motifs is 1. The quantitative estimate of drug-likeness (QED) is 0.791. The molecule has 0 amide bonds. The molecule has 6 nitrogen and oxygen atoms in total. The van der Waals surface area contributed by atoms with Crippen LogP contribution in [0, 0.1) is 6.92 Å². The number of anilines is 1. The van der Waals surface area contributed by atoms with Gasteiger partial charge in [-0.05, 0) is 44.4 Å². The van der Waals surface area contributed by atoms with E-state index >= 15 is 0 Å². The Morgan fingerprint density at radius 1 is 1.26 bits per heavy atom. The molecule has 23 heavy (non-hydrogen) atoms. The zero-order chi connectivity index (χ0) is 16.0. The molecule has 2 aliphatic heterocycles. The number of hydrogen-bond donors (Lipinski definition) is 3. The van der Waals surface area contributed by atoms with Gasteiger partial charge in [-0.3, -0.25) is 5.10 Å². The van der Waals surface area contributed by atoms with E-state index < -0.39 is 12.2 Å². The molecule has 2 aromatic heterocycles. The van der Waals surface area contributed by atoms with Gasteiger partial charge < -0.3 is 10.6 Å². The number of halogens is 2. The summed E-state index contributed by atoms with van der Waals surface area (Å²) in [6.45, 7) is 3.82. The highest BCUT2D eigenvalue weighted by molar-refractivity contribution is 5.64. The summed E-state index contributed by atoms with van der Waals surface area (Å²) < 4.78 is 25.3. The van der Waals surface area contributed by atoms with Gasteiger partial charge in [-0.25, -0.2) is 18.7 Å². The second kappa shape index (κ2) is 5.23. The molecule has 2 aliphatic rings. The largest absolute Gasteiger partial charge is 0.363 e. The first-order valence-corrected chi connectivity index (χ1v) is 7.77. The molecule has 4 heterocycles. The normalized spacial score (nSPS) is 23.3. The average Bonchev–Trinajstić information content (AvgIpc) is 3.16. The molecule has 0 radical (unpaired) electrons. The Morgan fingerprint density at radius 2 is 2.13 bits per heavy atom. The summed E-state index contributed by atoms with van der Waals surface area (Å²) in [5.74, 6) is 0.757. The van der Waals surface area contributed by atoms with Crippen LogP contribution in [0.5, 0.6) is 0 Å². The van der Waals surface area contributed by atoms with E-state index in [0.717, 1.165) is 49.4 Å². The van der Waals surface area contributed by atoms with Gasteiger partial charge in [0.2, 0.25) is 0 Å². The number of rotatable bonds is 2. The molecule has 1 unspecified atom stereocenters. The lowest BCUT2D eigenvalue weighted by atomic mass is 9.86. The van der Waals surface area contributed by atoms with Crippen LogP contribution in [0.4, 0.5) is 14.6 Å². The molecule has 3 N–H and O–H groups in total. The first-order valence-electron chi connectivity index (χ1n) is 7.77. The fraction of sp³-hybridized carbons (Fsp3) is 0.533. The third kappa shape index (κ3) is 2.46. The summed E-state index contributed by atoms with van der Waals surface area (Å²) in [5, 5.41) is 13.2. The van der Waals surface area contributed by atoms with Gasteiger partial charge in [0, 0.05) is 12.1 Å². The van der Waals surface area contributed by atoms with Crippen LogP contribution in [0.15, 0.2) is 6.07 Å². The second-order valence-electron chi connectivity index (χ2n) is 6.31. The fourth-order valence-electron chi connectivity index (χ4n) is 3.42. The maximum atomic E-state index is 12.7. The summed E-state index contributed by atoms with van der Waals surface area (Å²) in [6.07, 6.45) is 0.385. The van der Waals surface area contributed by atoms with Crippen molar-refractivity contribution in [2.75, 3.05) is 18.4 Å². The van der Waals surface area contributed by atoms with Crippen molar-refractivity contribution in [1.29, 1.82) is 0 Å². The zero-order valence-electron chi connectivity index (χ0n) is 12.8. The van der Waals surface area contributed by atoms with Crippen molar-refractivity contribution in [3.63, 3.8) is 0 Å². The minimum Gasteiger partial charge on any atom is -0.363 e. The van der Waals surface area contributed by atoms with Crippen molar-refractivity contribution in [2.45, 2.75) is 38.2 Å². The lowest BCUT2D eigenvalue weighted by Gasteiger charge is -2.35. The van der Waals surface area contributed by atoms with E-state index in [1.54, 1.807) is 0 Å². The molecule has 0 bridgehead atoms. The molecule has 1 spiro atoms. The van der Waals surface area contributed by atoms with E-state index in [0.29, 0.717) is 5.56 Å². The topological polar surface area (TPSA) is 78.5 Å². The van der Waals surface area contributed by atoms with Crippen molar-refractivity contribution in [3.8, 4) is 11.4 Å². The molecule has 2 aromatic rings. The van der Waals surface area contributed by atoms with Gasteiger partial charge in [-0.1, -0.05) is 0 Å². The van der Waals surface area contributed by atoms with Gasteiger partial charge in [-0.2, -0.15) is 5.10 Å². The maximum absolute atomic E-state index is 12.7. The van der Waals surface area contributed by atoms with Crippen LogP contribution in [-0.4, -0.2) is 38.8 Å². The van der Waals surface area contributed by atoms with E-state index in [2.05, 4.69) is 30.8 Å². The molecule has 1 saturated heterocycles. The molecule has 1 atom stereocenters. The molecular formula is C15H18F2N6. The van der Waals surface area contributed by atoms with Gasteiger partial charge in [0.05, 0.1) is 11.2 Å². The number of aryl methyl sites for hydroxylation is 2. The molecule has 0 aliphatic carbocycles. The second-order valence-corrected chi connectivity index (χ2v) is 6.31. The van der Waals surface area contributed by atoms with Crippen molar-refractivity contribution >= 4 is 5.82 Å². The highest BCUT2D eigenvalue weighted by Crippen LogP contribution is 2.35. The van der Waals surface area contributed by atoms with Crippen molar-refractivity contribution < 1.29 is 8.78 Å². The number of aromatic amines is 1. The average molecular weight is 320 g/mol. The van der Waals surface area contributed by atoms with Crippen LogP contribution in [0.3, 0.4) is 0 Å². The number of hydrogen-bond acceptors (Lipinski definition) is 5. The Bertz CT molecular complexity index is 736. The summed E-state index contributed by atoms with van der Waals surface area (Å²) >= 11 is 0. The van der Waals surface area contributed by atoms with E-state index in [1.165, 1.54) is 0 Å². The van der Waals surface area contributed by atoms with E-state index in [1.807, 2.05) is 13.0 Å². The Kier molecular flexibility index (Phi) is 3.29. The third-order valence-electron chi connectivity index (χ3n) is 4.74. The number of nitrogens with zero attached hydrogens (tertiary/aromatic N) is 3. The minimum atomic E-state index is -2.65.